The molecule has 3 aromatic carbocycles. The first-order valence-electron chi connectivity index (χ1n) is 13.4. The Hall–Kier alpha value is -4.66. The van der Waals surface area contributed by atoms with E-state index in [2.05, 4.69) is 43.8 Å². The number of hydrogen-bond acceptors (Lipinski definition) is 8. The van der Waals surface area contributed by atoms with E-state index in [0.717, 1.165) is 14.7 Å². The van der Waals surface area contributed by atoms with Crippen LogP contribution in [0.1, 0.15) is 36.6 Å². The average molecular weight is 717 g/mol. The summed E-state index contributed by atoms with van der Waals surface area (Å²) in [5, 5.41) is 9.30. The molecule has 0 aliphatic carbocycles. The number of ether oxygens (including phenoxy) is 4. The normalized spacial score (nSPS) is 14.5. The Kier molecular flexibility index (Phi) is 11.1. The van der Waals surface area contributed by atoms with Gasteiger partial charge < -0.3 is 29.6 Å². The van der Waals surface area contributed by atoms with Crippen LogP contribution in [0.25, 0.3) is 0 Å². The number of methoxy groups -OCH3 is 1. The van der Waals surface area contributed by atoms with Gasteiger partial charge in [0.2, 0.25) is 0 Å². The van der Waals surface area contributed by atoms with Crippen molar-refractivity contribution in [1.29, 1.82) is 0 Å². The minimum absolute atomic E-state index is 0.180. The lowest BCUT2D eigenvalue weighted by Gasteiger charge is -2.28. The highest BCUT2D eigenvalue weighted by atomic mass is 127. The molecule has 0 unspecified atom stereocenters. The molecule has 0 spiro atoms. The van der Waals surface area contributed by atoms with E-state index in [4.69, 9.17) is 18.9 Å². The molecule has 1 heterocycles. The van der Waals surface area contributed by atoms with Crippen LogP contribution in [0.4, 0.5) is 9.18 Å². The van der Waals surface area contributed by atoms with Crippen molar-refractivity contribution in [1.82, 2.24) is 16.1 Å². The summed E-state index contributed by atoms with van der Waals surface area (Å²) in [5.74, 6) is -0.127. The zero-order valence-corrected chi connectivity index (χ0v) is 26.3. The average Bonchev–Trinajstić information content (AvgIpc) is 3.00. The van der Waals surface area contributed by atoms with Gasteiger partial charge in [-0.25, -0.2) is 19.4 Å². The summed E-state index contributed by atoms with van der Waals surface area (Å²) in [6.07, 6.45) is 1.49. The molecule has 3 aromatic rings. The Balaban J connectivity index is 1.33. The molecule has 1 aliphatic heterocycles. The molecule has 13 heteroatoms. The number of rotatable bonds is 12. The van der Waals surface area contributed by atoms with Crippen LogP contribution in [0.15, 0.2) is 77.0 Å². The van der Waals surface area contributed by atoms with Crippen molar-refractivity contribution in [3.63, 3.8) is 0 Å². The van der Waals surface area contributed by atoms with Crippen molar-refractivity contribution in [3.05, 3.63) is 98.0 Å². The first-order chi connectivity index (χ1) is 21.2. The minimum Gasteiger partial charge on any atom is -0.493 e. The predicted octanol–water partition coefficient (Wildman–Crippen LogP) is 4.74. The van der Waals surface area contributed by atoms with Gasteiger partial charge in [0.15, 0.2) is 18.1 Å². The zero-order chi connectivity index (χ0) is 31.6. The van der Waals surface area contributed by atoms with E-state index >= 15 is 0 Å². The van der Waals surface area contributed by atoms with Gasteiger partial charge in [-0.15, -0.1) is 0 Å². The van der Waals surface area contributed by atoms with Crippen LogP contribution in [-0.4, -0.2) is 44.4 Å². The molecule has 3 N–H and O–H groups in total. The quantitative estimate of drug-likeness (QED) is 0.107. The van der Waals surface area contributed by atoms with Crippen LogP contribution in [0.3, 0.4) is 0 Å². The number of hydrazone groups is 1. The van der Waals surface area contributed by atoms with E-state index in [1.165, 1.54) is 25.5 Å². The maximum Gasteiger partial charge on any atom is 0.338 e. The van der Waals surface area contributed by atoms with Crippen LogP contribution in [-0.2, 0) is 20.9 Å². The summed E-state index contributed by atoms with van der Waals surface area (Å²) in [5.41, 5.74) is 5.20. The van der Waals surface area contributed by atoms with Crippen molar-refractivity contribution in [2.45, 2.75) is 26.5 Å². The summed E-state index contributed by atoms with van der Waals surface area (Å²) in [6, 6.07) is 15.1. The number of carbonyl (C=O) groups excluding carboxylic acids is 3. The summed E-state index contributed by atoms with van der Waals surface area (Å²) < 4.78 is 36.0. The van der Waals surface area contributed by atoms with E-state index in [9.17, 15) is 18.8 Å². The standard InChI is InChI=1S/C31H30FIN4O7/c1-4-42-30(39)28-18(2)35-31(40)36-29(28)21-8-12-25(26(14-21)41-3)44-17-27(38)37-34-15-20-7-11-24(23(33)13-20)43-16-19-5-9-22(32)10-6-19/h5-15,29H,4,16-17H2,1-3H3,(H,37,38)(H2,35,36,40)/b34-15-/t29-/m1/s1. The Morgan fingerprint density at radius 3 is 2.50 bits per heavy atom. The van der Waals surface area contributed by atoms with Crippen LogP contribution in [0.5, 0.6) is 17.2 Å². The number of urea groups is 1. The van der Waals surface area contributed by atoms with Crippen molar-refractivity contribution in [2.24, 2.45) is 5.10 Å². The van der Waals surface area contributed by atoms with Crippen LogP contribution < -0.4 is 30.3 Å². The second kappa shape index (κ2) is 15.2. The van der Waals surface area contributed by atoms with Gasteiger partial charge in [0.25, 0.3) is 5.91 Å². The van der Waals surface area contributed by atoms with Gasteiger partial charge in [0.1, 0.15) is 18.2 Å². The summed E-state index contributed by atoms with van der Waals surface area (Å²) in [6.45, 7) is 3.45. The molecule has 0 radical (unpaired) electrons. The van der Waals surface area contributed by atoms with Gasteiger partial charge >= 0.3 is 12.0 Å². The lowest BCUT2D eigenvalue weighted by atomic mass is 9.95. The number of halogens is 2. The number of benzene rings is 3. The first kappa shape index (κ1) is 32.3. The highest BCUT2D eigenvalue weighted by Crippen LogP contribution is 2.34. The van der Waals surface area contributed by atoms with E-state index in [0.29, 0.717) is 29.4 Å². The van der Waals surface area contributed by atoms with E-state index in [-0.39, 0.29) is 30.4 Å². The highest BCUT2D eigenvalue weighted by Gasteiger charge is 2.32. The number of allylic oxidation sites excluding steroid dienone is 1. The van der Waals surface area contributed by atoms with Gasteiger partial charge in [0, 0.05) is 5.70 Å². The summed E-state index contributed by atoms with van der Waals surface area (Å²) in [7, 11) is 1.44. The number of esters is 1. The fourth-order valence-corrected chi connectivity index (χ4v) is 4.91. The SMILES string of the molecule is CCOC(=O)C1=C(C)NC(=O)N[C@@H]1c1ccc(OCC(=O)N/N=C\c2ccc(OCc3ccc(F)cc3)c(I)c2)c(OC)c1. The predicted molar refractivity (Wildman–Crippen MR) is 168 cm³/mol. The molecular weight excluding hydrogens is 686 g/mol. The number of amides is 3. The van der Waals surface area contributed by atoms with Crippen molar-refractivity contribution in [2.75, 3.05) is 20.3 Å². The Morgan fingerprint density at radius 2 is 1.80 bits per heavy atom. The number of nitrogens with one attached hydrogen (secondary N) is 3. The second-order valence-electron chi connectivity index (χ2n) is 9.39. The Labute approximate surface area is 266 Å². The molecule has 0 saturated carbocycles. The third-order valence-electron chi connectivity index (χ3n) is 6.31. The lowest BCUT2D eigenvalue weighted by Crippen LogP contribution is -2.45. The van der Waals surface area contributed by atoms with Crippen LogP contribution in [0, 0.1) is 9.39 Å². The van der Waals surface area contributed by atoms with Gasteiger partial charge in [-0.2, -0.15) is 5.10 Å². The summed E-state index contributed by atoms with van der Waals surface area (Å²) in [4.78, 5) is 37.1. The topological polar surface area (TPSA) is 137 Å². The Bertz CT molecular complexity index is 1590. The minimum atomic E-state index is -0.776. The smallest absolute Gasteiger partial charge is 0.338 e. The van der Waals surface area contributed by atoms with Gasteiger partial charge in [-0.3, -0.25) is 4.79 Å². The maximum absolute atomic E-state index is 13.1. The van der Waals surface area contributed by atoms with Gasteiger partial charge in [-0.1, -0.05) is 18.2 Å². The molecule has 0 fully saturated rings. The van der Waals surface area contributed by atoms with Crippen molar-refractivity contribution >= 4 is 46.7 Å². The molecule has 1 aliphatic rings. The van der Waals surface area contributed by atoms with Gasteiger partial charge in [0.05, 0.1) is 35.1 Å². The van der Waals surface area contributed by atoms with Gasteiger partial charge in [-0.05, 0) is 95.6 Å². The van der Waals surface area contributed by atoms with E-state index in [1.54, 1.807) is 56.3 Å². The Morgan fingerprint density at radius 1 is 1.05 bits per heavy atom. The number of nitrogens with zero attached hydrogens (tertiary/aromatic N) is 1. The van der Waals surface area contributed by atoms with Crippen molar-refractivity contribution < 1.29 is 37.7 Å². The molecule has 0 bridgehead atoms. The van der Waals surface area contributed by atoms with Crippen molar-refractivity contribution in [3.8, 4) is 17.2 Å². The first-order valence-corrected chi connectivity index (χ1v) is 14.5. The third kappa shape index (κ3) is 8.46. The molecule has 44 heavy (non-hydrogen) atoms. The highest BCUT2D eigenvalue weighted by molar-refractivity contribution is 14.1. The zero-order valence-electron chi connectivity index (χ0n) is 24.1. The molecule has 3 amide bonds. The third-order valence-corrected chi connectivity index (χ3v) is 7.15. The van der Waals surface area contributed by atoms with E-state index in [1.807, 2.05) is 6.07 Å². The monoisotopic (exact) mass is 716 g/mol. The summed E-state index contributed by atoms with van der Waals surface area (Å²) >= 11 is 2.14. The number of hydrogen-bond donors (Lipinski definition) is 3. The van der Waals surface area contributed by atoms with Crippen LogP contribution >= 0.6 is 22.6 Å². The molecule has 230 valence electrons. The molecule has 0 aromatic heterocycles. The number of carbonyl (C=O) groups is 3. The largest absolute Gasteiger partial charge is 0.493 e. The molecule has 1 atom stereocenters. The maximum atomic E-state index is 13.1. The second-order valence-corrected chi connectivity index (χ2v) is 10.5. The fourth-order valence-electron chi connectivity index (χ4n) is 4.22. The molecule has 11 nitrogen and oxygen atoms in total. The molecule has 0 saturated heterocycles. The molecule has 4 rings (SSSR count). The van der Waals surface area contributed by atoms with Crippen LogP contribution in [0.2, 0.25) is 0 Å². The fraction of sp³-hybridized carbons (Fsp3) is 0.226. The molecular formula is C31H30FIN4O7. The lowest BCUT2D eigenvalue weighted by molar-refractivity contribution is -0.139. The van der Waals surface area contributed by atoms with E-state index < -0.39 is 23.9 Å².